The third-order valence-electron chi connectivity index (χ3n) is 7.12. The van der Waals surface area contributed by atoms with Crippen molar-refractivity contribution in [2.24, 2.45) is 5.41 Å². The number of aliphatic hydroxyl groups is 1. The van der Waals surface area contributed by atoms with Crippen molar-refractivity contribution in [1.29, 1.82) is 0 Å². The van der Waals surface area contributed by atoms with Crippen LogP contribution in [-0.2, 0) is 17.6 Å². The quantitative estimate of drug-likeness (QED) is 0.419. The number of halogens is 3. The number of ether oxygens (including phenoxy) is 1. The maximum absolute atomic E-state index is 13.7. The van der Waals surface area contributed by atoms with Crippen molar-refractivity contribution in [2.45, 2.75) is 25.7 Å². The van der Waals surface area contributed by atoms with Crippen molar-refractivity contribution in [3.05, 3.63) is 88.4 Å². The first-order valence-electron chi connectivity index (χ1n) is 12.3. The van der Waals surface area contributed by atoms with Gasteiger partial charge in [-0.2, -0.15) is 0 Å². The molecule has 0 unspecified atom stereocenters. The summed E-state index contributed by atoms with van der Waals surface area (Å²) in [6.07, 6.45) is 3.98. The number of rotatable bonds is 9. The van der Waals surface area contributed by atoms with Gasteiger partial charge in [0, 0.05) is 42.6 Å². The van der Waals surface area contributed by atoms with E-state index >= 15 is 0 Å². The van der Waals surface area contributed by atoms with Crippen molar-refractivity contribution in [1.82, 2.24) is 10.3 Å². The predicted molar refractivity (Wildman–Crippen MR) is 132 cm³/mol. The number of aliphatic hydroxyl groups excluding tert-OH is 1. The second-order valence-corrected chi connectivity index (χ2v) is 9.78. The van der Waals surface area contributed by atoms with Crippen LogP contribution in [0.3, 0.4) is 0 Å². The molecule has 2 aliphatic rings. The fourth-order valence-corrected chi connectivity index (χ4v) is 5.09. The van der Waals surface area contributed by atoms with Crippen LogP contribution in [0.5, 0.6) is 0 Å². The number of carbonyl (C=O) groups excluding carboxylic acids is 1. The van der Waals surface area contributed by atoms with Crippen LogP contribution in [0.1, 0.15) is 39.9 Å². The molecule has 0 radical (unpaired) electrons. The van der Waals surface area contributed by atoms with Crippen molar-refractivity contribution >= 4 is 17.4 Å². The van der Waals surface area contributed by atoms with Gasteiger partial charge in [-0.05, 0) is 78.8 Å². The second-order valence-electron chi connectivity index (χ2n) is 9.78. The lowest BCUT2D eigenvalue weighted by molar-refractivity contribution is -0.116. The van der Waals surface area contributed by atoms with Crippen molar-refractivity contribution < 1.29 is 27.8 Å². The molecule has 0 bridgehead atoms. The van der Waals surface area contributed by atoms with Gasteiger partial charge in [0.15, 0.2) is 17.5 Å². The number of aromatic nitrogens is 1. The number of nitrogens with zero attached hydrogens (tertiary/aromatic N) is 2. The Balaban J connectivity index is 1.32. The third-order valence-corrected chi connectivity index (χ3v) is 7.12. The lowest BCUT2D eigenvalue weighted by Gasteiger charge is -2.41. The van der Waals surface area contributed by atoms with E-state index < -0.39 is 17.5 Å². The van der Waals surface area contributed by atoms with E-state index in [1.807, 2.05) is 29.2 Å². The average molecular weight is 512 g/mol. The second kappa shape index (κ2) is 10.5. The molecule has 0 aliphatic carbocycles. The van der Waals surface area contributed by atoms with E-state index in [0.717, 1.165) is 35.4 Å². The van der Waals surface area contributed by atoms with Crippen molar-refractivity contribution in [3.8, 4) is 0 Å². The van der Waals surface area contributed by atoms with E-state index in [0.29, 0.717) is 56.1 Å². The highest BCUT2D eigenvalue weighted by molar-refractivity contribution is 5.98. The zero-order chi connectivity index (χ0) is 26.0. The smallest absolute Gasteiger partial charge is 0.251 e. The van der Waals surface area contributed by atoms with E-state index in [1.54, 1.807) is 12.3 Å². The number of hydrogen-bond acceptors (Lipinski definition) is 5. The Morgan fingerprint density at radius 3 is 2.59 bits per heavy atom. The molecule has 2 aromatic carbocycles. The van der Waals surface area contributed by atoms with Crippen molar-refractivity contribution in [3.63, 3.8) is 0 Å². The molecule has 2 aliphatic heterocycles. The van der Waals surface area contributed by atoms with Gasteiger partial charge in [0.2, 0.25) is 0 Å². The first-order valence-corrected chi connectivity index (χ1v) is 12.3. The molecule has 1 saturated heterocycles. The van der Waals surface area contributed by atoms with Crippen LogP contribution in [0.4, 0.5) is 24.7 Å². The van der Waals surface area contributed by atoms with Gasteiger partial charge < -0.3 is 20.1 Å². The highest BCUT2D eigenvalue weighted by atomic mass is 19.2. The lowest BCUT2D eigenvalue weighted by atomic mass is 9.81. The number of anilines is 2. The number of fused-ring (bicyclic) bond motifs is 1. The Kier molecular flexibility index (Phi) is 7.17. The van der Waals surface area contributed by atoms with Crippen LogP contribution >= 0.6 is 0 Å². The summed E-state index contributed by atoms with van der Waals surface area (Å²) in [7, 11) is 0. The van der Waals surface area contributed by atoms with Crippen LogP contribution in [0.15, 0.2) is 48.7 Å². The standard InChI is InChI=1S/C28H28F3N3O3/c29-22-12-19(13-23(30)26(22)31)11-18-5-8-32-25(14-18)34-9-6-20-21(3-1-4-24(20)34)27(36)33-15-28(7-2-10-35)16-37-17-28/h1,3-5,8,12-14,35H,2,6-7,9-11,15-17H2,(H,33,36). The first-order chi connectivity index (χ1) is 17.9. The fourth-order valence-electron chi connectivity index (χ4n) is 5.09. The third kappa shape index (κ3) is 5.19. The molecule has 5 rings (SSSR count). The summed E-state index contributed by atoms with van der Waals surface area (Å²) < 4.78 is 46.0. The van der Waals surface area contributed by atoms with Gasteiger partial charge >= 0.3 is 0 Å². The first kappa shape index (κ1) is 25.2. The predicted octanol–water partition coefficient (Wildman–Crippen LogP) is 4.30. The highest BCUT2D eigenvalue weighted by Gasteiger charge is 2.38. The molecular weight excluding hydrogens is 483 g/mol. The zero-order valence-electron chi connectivity index (χ0n) is 20.3. The molecule has 0 saturated carbocycles. The van der Waals surface area contributed by atoms with E-state index in [2.05, 4.69) is 10.3 Å². The minimum atomic E-state index is -1.48. The van der Waals surface area contributed by atoms with Gasteiger partial charge in [0.05, 0.1) is 13.2 Å². The number of carbonyl (C=O) groups is 1. The molecule has 1 fully saturated rings. The van der Waals surface area contributed by atoms with E-state index in [1.165, 1.54) is 0 Å². The van der Waals surface area contributed by atoms with Gasteiger partial charge in [-0.15, -0.1) is 0 Å². The van der Waals surface area contributed by atoms with Crippen LogP contribution in [0, 0.1) is 22.9 Å². The normalized spacial score (nSPS) is 15.8. The van der Waals surface area contributed by atoms with E-state index in [9.17, 15) is 23.1 Å². The molecule has 6 nitrogen and oxygen atoms in total. The molecule has 0 spiro atoms. The Morgan fingerprint density at radius 2 is 1.89 bits per heavy atom. The average Bonchev–Trinajstić information content (AvgIpc) is 3.31. The maximum atomic E-state index is 13.7. The SMILES string of the molecule is O=C(NCC1(CCCO)COC1)c1cccc2c1CCN2c1cc(Cc2cc(F)c(F)c(F)c2)ccn1. The lowest BCUT2D eigenvalue weighted by Crippen LogP contribution is -2.51. The molecule has 9 heteroatoms. The number of hydrogen-bond donors (Lipinski definition) is 2. The van der Waals surface area contributed by atoms with Crippen LogP contribution < -0.4 is 10.2 Å². The molecular formula is C28H28F3N3O3. The summed E-state index contributed by atoms with van der Waals surface area (Å²) in [4.78, 5) is 19.6. The van der Waals surface area contributed by atoms with Gasteiger partial charge in [-0.3, -0.25) is 4.79 Å². The molecule has 3 aromatic rings. The van der Waals surface area contributed by atoms with Gasteiger partial charge in [0.1, 0.15) is 5.82 Å². The molecule has 1 amide bonds. The van der Waals surface area contributed by atoms with E-state index in [4.69, 9.17) is 4.74 Å². The Bertz CT molecular complexity index is 1290. The highest BCUT2D eigenvalue weighted by Crippen LogP contribution is 2.36. The monoisotopic (exact) mass is 511 g/mol. The maximum Gasteiger partial charge on any atom is 0.251 e. The largest absolute Gasteiger partial charge is 0.396 e. The summed E-state index contributed by atoms with van der Waals surface area (Å²) in [6, 6.07) is 11.2. The van der Waals surface area contributed by atoms with Crippen LogP contribution in [0.2, 0.25) is 0 Å². The minimum Gasteiger partial charge on any atom is -0.396 e. The summed E-state index contributed by atoms with van der Waals surface area (Å²) in [5, 5.41) is 12.2. The molecule has 37 heavy (non-hydrogen) atoms. The topological polar surface area (TPSA) is 74.7 Å². The van der Waals surface area contributed by atoms with Gasteiger partial charge in [0.25, 0.3) is 5.91 Å². The molecule has 0 atom stereocenters. The van der Waals surface area contributed by atoms with Crippen LogP contribution in [0.25, 0.3) is 0 Å². The molecule has 1 aromatic heterocycles. The fraction of sp³-hybridized carbons (Fsp3) is 0.357. The van der Waals surface area contributed by atoms with Crippen molar-refractivity contribution in [2.75, 3.05) is 37.8 Å². The Morgan fingerprint density at radius 1 is 1.11 bits per heavy atom. The van der Waals surface area contributed by atoms with Crippen LogP contribution in [-0.4, -0.2) is 48.9 Å². The summed E-state index contributed by atoms with van der Waals surface area (Å²) in [5.41, 5.74) is 3.41. The molecule has 3 heterocycles. The molecule has 194 valence electrons. The Labute approximate surface area is 213 Å². The number of nitrogens with one attached hydrogen (secondary N) is 1. The summed E-state index contributed by atoms with van der Waals surface area (Å²) in [6.45, 7) is 2.39. The summed E-state index contributed by atoms with van der Waals surface area (Å²) >= 11 is 0. The minimum absolute atomic E-state index is 0.116. The Hall–Kier alpha value is -3.43. The van der Waals surface area contributed by atoms with E-state index in [-0.39, 0.29) is 24.3 Å². The number of pyridine rings is 1. The van der Waals surface area contributed by atoms with Gasteiger partial charge in [-0.1, -0.05) is 6.07 Å². The molecule has 2 N–H and O–H groups in total. The summed E-state index contributed by atoms with van der Waals surface area (Å²) in [5.74, 6) is -3.39. The van der Waals surface area contributed by atoms with Gasteiger partial charge in [-0.25, -0.2) is 18.2 Å². The number of benzene rings is 2. The zero-order valence-corrected chi connectivity index (χ0v) is 20.3. The number of amides is 1.